The minimum absolute atomic E-state index is 0.243. The highest BCUT2D eigenvalue weighted by Gasteiger charge is 2.37. The normalized spacial score (nSPS) is 16.2. The van der Waals surface area contributed by atoms with Gasteiger partial charge < -0.3 is 20.4 Å². The van der Waals surface area contributed by atoms with Crippen LogP contribution in [0.4, 0.5) is 4.79 Å². The van der Waals surface area contributed by atoms with Crippen molar-refractivity contribution in [3.8, 4) is 0 Å². The van der Waals surface area contributed by atoms with Gasteiger partial charge in [-0.3, -0.25) is 4.79 Å². The molecule has 0 spiro atoms. The lowest BCUT2D eigenvalue weighted by molar-refractivity contribution is -0.126. The molecule has 0 saturated heterocycles. The van der Waals surface area contributed by atoms with Crippen molar-refractivity contribution in [2.24, 2.45) is 0 Å². The Morgan fingerprint density at radius 1 is 1.00 bits per heavy atom. The number of alkyl carbamates (subject to hydrolysis) is 1. The summed E-state index contributed by atoms with van der Waals surface area (Å²) in [5.74, 6) is -0.243. The fourth-order valence-electron chi connectivity index (χ4n) is 5.02. The summed E-state index contributed by atoms with van der Waals surface area (Å²) in [6, 6.07) is 26.0. The molecule has 0 aliphatic heterocycles. The Bertz CT molecular complexity index is 1360. The lowest BCUT2D eigenvalue weighted by Crippen LogP contribution is -2.58. The Morgan fingerprint density at radius 2 is 1.75 bits per heavy atom. The van der Waals surface area contributed by atoms with E-state index in [1.807, 2.05) is 79.0 Å². The van der Waals surface area contributed by atoms with Crippen LogP contribution in [-0.2, 0) is 28.8 Å². The smallest absolute Gasteiger partial charge is 0.408 e. The molecule has 1 heterocycles. The van der Waals surface area contributed by atoms with Crippen molar-refractivity contribution >= 4 is 22.9 Å². The third-order valence-corrected chi connectivity index (χ3v) is 6.97. The quantitative estimate of drug-likeness (QED) is 0.322. The number of amides is 2. The lowest BCUT2D eigenvalue weighted by atomic mass is 9.91. The van der Waals surface area contributed by atoms with E-state index in [1.165, 1.54) is 5.56 Å². The second kappa shape index (κ2) is 10.3. The van der Waals surface area contributed by atoms with E-state index in [4.69, 9.17) is 4.74 Å². The van der Waals surface area contributed by atoms with Gasteiger partial charge in [-0.15, -0.1) is 0 Å². The van der Waals surface area contributed by atoms with Crippen molar-refractivity contribution in [3.05, 3.63) is 107 Å². The van der Waals surface area contributed by atoms with Gasteiger partial charge in [0.2, 0.25) is 5.91 Å². The van der Waals surface area contributed by atoms with Crippen LogP contribution in [-0.4, -0.2) is 29.1 Å². The maximum absolute atomic E-state index is 13.5. The molecule has 0 saturated carbocycles. The minimum atomic E-state index is -1.20. The molecule has 184 valence electrons. The molecule has 0 fully saturated rings. The van der Waals surface area contributed by atoms with Crippen molar-refractivity contribution < 1.29 is 14.3 Å². The van der Waals surface area contributed by atoms with Crippen LogP contribution in [0, 0.1) is 0 Å². The second-order valence-electron chi connectivity index (χ2n) is 9.62. The van der Waals surface area contributed by atoms with Gasteiger partial charge in [-0.05, 0) is 54.5 Å². The summed E-state index contributed by atoms with van der Waals surface area (Å²) < 4.78 is 5.83. The topological polar surface area (TPSA) is 83.2 Å². The van der Waals surface area contributed by atoms with Crippen LogP contribution in [0.15, 0.2) is 85.1 Å². The van der Waals surface area contributed by atoms with E-state index in [-0.39, 0.29) is 12.0 Å². The van der Waals surface area contributed by atoms with Gasteiger partial charge in [-0.1, -0.05) is 72.8 Å². The number of carbonyl (C=O) groups excluding carboxylic acids is 2. The van der Waals surface area contributed by atoms with E-state index in [1.54, 1.807) is 6.92 Å². The van der Waals surface area contributed by atoms with Gasteiger partial charge in [0.15, 0.2) is 0 Å². The molecule has 3 aromatic carbocycles. The molecule has 6 nitrogen and oxygen atoms in total. The molecule has 0 unspecified atom stereocenters. The molecule has 1 aromatic heterocycles. The van der Waals surface area contributed by atoms with Crippen LogP contribution in [0.3, 0.4) is 0 Å². The van der Waals surface area contributed by atoms with E-state index in [0.717, 1.165) is 40.4 Å². The Hall–Kier alpha value is -4.06. The van der Waals surface area contributed by atoms with Gasteiger partial charge in [0.05, 0.1) is 0 Å². The monoisotopic (exact) mass is 481 g/mol. The van der Waals surface area contributed by atoms with Gasteiger partial charge in [-0.25, -0.2) is 4.79 Å². The molecule has 3 N–H and O–H groups in total. The molecule has 4 aromatic rings. The van der Waals surface area contributed by atoms with Crippen LogP contribution in [0.2, 0.25) is 0 Å². The Balaban J connectivity index is 1.32. The molecular weight excluding hydrogens is 450 g/mol. The van der Waals surface area contributed by atoms with E-state index in [0.29, 0.717) is 19.4 Å². The number of ether oxygens (including phenoxy) is 1. The molecule has 2 atom stereocenters. The molecule has 0 bridgehead atoms. The Kier molecular flexibility index (Phi) is 6.76. The first kappa shape index (κ1) is 23.7. The van der Waals surface area contributed by atoms with Gasteiger partial charge >= 0.3 is 6.09 Å². The SMILES string of the molecule is C[C@](Cc1c[nH]c2ccccc12)(NC(=O)O[C@H]1CCc2ccccc21)C(=O)NCCc1ccccc1. The summed E-state index contributed by atoms with van der Waals surface area (Å²) in [7, 11) is 0. The number of aromatic amines is 1. The van der Waals surface area contributed by atoms with Crippen molar-refractivity contribution in [1.82, 2.24) is 15.6 Å². The number of nitrogens with one attached hydrogen (secondary N) is 3. The van der Waals surface area contributed by atoms with Crippen molar-refractivity contribution in [2.75, 3.05) is 6.54 Å². The summed E-state index contributed by atoms with van der Waals surface area (Å²) in [4.78, 5) is 29.9. The van der Waals surface area contributed by atoms with Crippen molar-refractivity contribution in [1.29, 1.82) is 0 Å². The highest BCUT2D eigenvalue weighted by atomic mass is 16.6. The molecular formula is C30H31N3O3. The van der Waals surface area contributed by atoms with Crippen molar-refractivity contribution in [3.63, 3.8) is 0 Å². The third-order valence-electron chi connectivity index (χ3n) is 6.97. The van der Waals surface area contributed by atoms with Crippen LogP contribution < -0.4 is 10.6 Å². The number of carbonyl (C=O) groups is 2. The summed E-state index contributed by atoms with van der Waals surface area (Å²) in [5.41, 5.74) is 4.14. The lowest BCUT2D eigenvalue weighted by Gasteiger charge is -2.30. The van der Waals surface area contributed by atoms with Crippen LogP contribution in [0.25, 0.3) is 10.9 Å². The zero-order valence-electron chi connectivity index (χ0n) is 20.4. The molecule has 1 aliphatic rings. The predicted molar refractivity (Wildman–Crippen MR) is 141 cm³/mol. The summed E-state index contributed by atoms with van der Waals surface area (Å²) >= 11 is 0. The number of benzene rings is 3. The molecule has 5 rings (SSSR count). The zero-order chi connectivity index (χ0) is 25.0. The van der Waals surface area contributed by atoms with Gasteiger partial charge in [0.25, 0.3) is 0 Å². The number of hydrogen-bond donors (Lipinski definition) is 3. The highest BCUT2D eigenvalue weighted by Crippen LogP contribution is 2.34. The standard InChI is InChI=1S/C30H31N3O3/c1-30(19-23-20-32-26-14-8-7-12-24(23)26,28(34)31-18-17-21-9-3-2-4-10-21)33-29(35)36-27-16-15-22-11-5-6-13-25(22)27/h2-14,20,27,32H,15-19H2,1H3,(H,31,34)(H,33,35)/t27-,30+/m0/s1. The van der Waals surface area contributed by atoms with Crippen LogP contribution >= 0.6 is 0 Å². The fourth-order valence-corrected chi connectivity index (χ4v) is 5.02. The molecule has 1 aliphatic carbocycles. The number of rotatable bonds is 8. The molecule has 6 heteroatoms. The average Bonchev–Trinajstić information content (AvgIpc) is 3.49. The average molecular weight is 482 g/mol. The van der Waals surface area contributed by atoms with E-state index >= 15 is 0 Å². The minimum Gasteiger partial charge on any atom is -0.441 e. The second-order valence-corrected chi connectivity index (χ2v) is 9.62. The van der Waals surface area contributed by atoms with Gasteiger partial charge in [0.1, 0.15) is 11.6 Å². The maximum Gasteiger partial charge on any atom is 0.408 e. The zero-order valence-corrected chi connectivity index (χ0v) is 20.4. The first-order valence-corrected chi connectivity index (χ1v) is 12.5. The summed E-state index contributed by atoms with van der Waals surface area (Å²) in [6.45, 7) is 2.23. The van der Waals surface area contributed by atoms with Gasteiger partial charge in [0, 0.05) is 30.1 Å². The van der Waals surface area contributed by atoms with E-state index in [9.17, 15) is 9.59 Å². The first-order chi connectivity index (χ1) is 17.5. The fraction of sp³-hybridized carbons (Fsp3) is 0.267. The van der Waals surface area contributed by atoms with Crippen molar-refractivity contribution in [2.45, 2.75) is 44.2 Å². The summed E-state index contributed by atoms with van der Waals surface area (Å²) in [6.07, 6.45) is 3.66. The molecule has 0 radical (unpaired) electrons. The highest BCUT2D eigenvalue weighted by molar-refractivity contribution is 5.91. The number of fused-ring (bicyclic) bond motifs is 2. The predicted octanol–water partition coefficient (Wildman–Crippen LogP) is 5.24. The number of H-pyrrole nitrogens is 1. The third kappa shape index (κ3) is 5.13. The van der Waals surface area contributed by atoms with Gasteiger partial charge in [-0.2, -0.15) is 0 Å². The number of para-hydroxylation sites is 1. The Labute approximate surface area is 211 Å². The van der Waals surface area contributed by atoms with Crippen LogP contribution in [0.5, 0.6) is 0 Å². The van der Waals surface area contributed by atoms with E-state index in [2.05, 4.69) is 21.7 Å². The molecule has 2 amide bonds. The number of aryl methyl sites for hydroxylation is 1. The summed E-state index contributed by atoms with van der Waals surface area (Å²) in [5, 5.41) is 6.97. The number of aromatic nitrogens is 1. The van der Waals surface area contributed by atoms with E-state index < -0.39 is 11.6 Å². The Morgan fingerprint density at radius 3 is 2.61 bits per heavy atom. The van der Waals surface area contributed by atoms with Crippen LogP contribution in [0.1, 0.15) is 41.7 Å². The first-order valence-electron chi connectivity index (χ1n) is 12.5. The largest absolute Gasteiger partial charge is 0.441 e. The number of hydrogen-bond acceptors (Lipinski definition) is 3. The maximum atomic E-state index is 13.5. The molecule has 36 heavy (non-hydrogen) atoms.